The second-order valence-corrected chi connectivity index (χ2v) is 11.8. The number of hydrogen-bond donors (Lipinski definition) is 3. The van der Waals surface area contributed by atoms with Crippen LogP contribution in [0.3, 0.4) is 0 Å². The zero-order valence-electron chi connectivity index (χ0n) is 22.4. The van der Waals surface area contributed by atoms with Gasteiger partial charge < -0.3 is 30.4 Å². The minimum absolute atomic E-state index is 0. The topological polar surface area (TPSA) is 117 Å². The molecule has 1 fully saturated rings. The fourth-order valence-corrected chi connectivity index (χ4v) is 4.93. The van der Waals surface area contributed by atoms with E-state index in [4.69, 9.17) is 4.74 Å². The van der Waals surface area contributed by atoms with E-state index in [0.717, 1.165) is 24.8 Å². The minimum Gasteiger partial charge on any atom is -0.526 e. The average Bonchev–Trinajstić information content (AvgIpc) is 3.20. The minimum atomic E-state index is -0.933. The number of fused-ring (bicyclic) bond motifs is 1. The summed E-state index contributed by atoms with van der Waals surface area (Å²) < 4.78 is 5.38. The van der Waals surface area contributed by atoms with Crippen molar-refractivity contribution in [3.63, 3.8) is 0 Å². The number of benzene rings is 1. The Hall–Kier alpha value is -4.10. The van der Waals surface area contributed by atoms with Crippen LogP contribution >= 0.6 is 0 Å². The number of nitrogens with one attached hydrogen (secondary N) is 3. The van der Waals surface area contributed by atoms with E-state index < -0.39 is 41.1 Å². The van der Waals surface area contributed by atoms with E-state index in [2.05, 4.69) is 22.0 Å². The number of ether oxygens (including phenoxy) is 1. The molecule has 1 aliphatic heterocycles. The van der Waals surface area contributed by atoms with Gasteiger partial charge in [-0.2, -0.15) is 6.41 Å². The third-order valence-electron chi connectivity index (χ3n) is 6.61. The second kappa shape index (κ2) is 11.3. The molecule has 210 valence electrons. The van der Waals surface area contributed by atoms with E-state index >= 15 is 0 Å². The van der Waals surface area contributed by atoms with Gasteiger partial charge >= 0.3 is 6.09 Å². The predicted molar refractivity (Wildman–Crippen MR) is 136 cm³/mol. The van der Waals surface area contributed by atoms with Gasteiger partial charge in [0, 0.05) is 12.6 Å². The maximum absolute atomic E-state index is 13.8. The molecule has 0 spiro atoms. The van der Waals surface area contributed by atoms with E-state index in [1.165, 1.54) is 10.5 Å². The average molecular weight is 757 g/mol. The van der Waals surface area contributed by atoms with Gasteiger partial charge in [-0.25, -0.2) is 4.79 Å². The molecule has 1 aromatic carbocycles. The number of rotatable bonds is 6. The Morgan fingerprint density at radius 3 is 2.41 bits per heavy atom. The summed E-state index contributed by atoms with van der Waals surface area (Å²) in [6.07, 6.45) is 4.00. The summed E-state index contributed by atoms with van der Waals surface area (Å²) in [6.45, 7) is 10.9. The molecule has 3 N–H and O–H groups in total. The van der Waals surface area contributed by atoms with Crippen LogP contribution in [0.15, 0.2) is 24.3 Å². The molecular formula is C27H39FmN4O5-. The number of hydrogen-bond acceptors (Lipinski definition) is 5. The number of carbonyl (C=O) groups excluding carboxylic acids is 4. The molecule has 2 aliphatic rings. The van der Waals surface area contributed by atoms with E-state index in [0.29, 0.717) is 0 Å². The van der Waals surface area contributed by atoms with Crippen LogP contribution in [0.2, 0.25) is 0 Å². The number of carbonyl (C=O) groups is 3. The van der Waals surface area contributed by atoms with Crippen molar-refractivity contribution < 1.29 is 23.9 Å². The molecule has 3 rings (SSSR count). The van der Waals surface area contributed by atoms with Crippen LogP contribution < -0.4 is 16.0 Å². The van der Waals surface area contributed by atoms with E-state index in [1.807, 2.05) is 39.0 Å². The fraction of sp³-hybridized carbons (Fsp3) is 0.630. The molecule has 4 atom stereocenters. The summed E-state index contributed by atoms with van der Waals surface area (Å²) >= 11 is 0. The van der Waals surface area contributed by atoms with Crippen LogP contribution in [-0.2, 0) is 25.5 Å². The van der Waals surface area contributed by atoms with E-state index in [-0.39, 0.29) is 24.9 Å². The zero-order chi connectivity index (χ0) is 26.7. The maximum Gasteiger partial charge on any atom is 0.408 e. The first-order valence-electron chi connectivity index (χ1n) is 12.6. The summed E-state index contributed by atoms with van der Waals surface area (Å²) in [5.74, 6) is -0.669. The van der Waals surface area contributed by atoms with Crippen molar-refractivity contribution >= 4 is 24.3 Å². The summed E-state index contributed by atoms with van der Waals surface area (Å²) in [7, 11) is 0. The van der Waals surface area contributed by atoms with Crippen LogP contribution in [0.1, 0.15) is 78.0 Å². The quantitative estimate of drug-likeness (QED) is 0.305. The van der Waals surface area contributed by atoms with Crippen molar-refractivity contribution in [2.75, 3.05) is 6.54 Å². The smallest absolute Gasteiger partial charge is 0.408 e. The predicted octanol–water partition coefficient (Wildman–Crippen LogP) is 2.75. The number of nitrogens with zero attached hydrogens (tertiary/aromatic N) is 1. The van der Waals surface area contributed by atoms with Crippen molar-refractivity contribution in [2.24, 2.45) is 5.41 Å². The molecule has 3 unspecified atom stereocenters. The van der Waals surface area contributed by atoms with Crippen LogP contribution in [0.25, 0.3) is 0 Å². The van der Waals surface area contributed by atoms with Gasteiger partial charge in [-0.05, 0) is 63.0 Å². The zero-order valence-corrected chi connectivity index (χ0v) is 24.8. The van der Waals surface area contributed by atoms with Crippen molar-refractivity contribution in [3.05, 3.63) is 35.4 Å². The molecule has 1 heterocycles. The molecular weight excluding hydrogens is 717 g/mol. The number of amides is 4. The van der Waals surface area contributed by atoms with Crippen molar-refractivity contribution in [3.8, 4) is 0 Å². The molecule has 9 nitrogen and oxygen atoms in total. The third kappa shape index (κ3) is 7.21. The summed E-state index contributed by atoms with van der Waals surface area (Å²) in [4.78, 5) is 52.4. The van der Waals surface area contributed by atoms with Crippen molar-refractivity contribution in [1.29, 1.82) is 0 Å². The summed E-state index contributed by atoms with van der Waals surface area (Å²) in [5.41, 5.74) is 0.942. The molecule has 0 bridgehead atoms. The van der Waals surface area contributed by atoms with Gasteiger partial charge in [-0.15, -0.1) is 0 Å². The van der Waals surface area contributed by atoms with E-state index in [9.17, 15) is 19.2 Å². The van der Waals surface area contributed by atoms with Gasteiger partial charge in [-0.3, -0.25) is 9.59 Å². The number of likely N-dealkylation sites (tertiary alicyclic amines) is 1. The van der Waals surface area contributed by atoms with Gasteiger partial charge in [-0.1, -0.05) is 45.0 Å². The van der Waals surface area contributed by atoms with Gasteiger partial charge in [0.05, 0.1) is 6.04 Å². The molecule has 1 aromatic rings. The standard InChI is InChI=1S/C27H39N4O5.Fm/c1-26(2,3)22(30-25(35)36-27(4,5)6)24(34)31-15-18(28-16-32)14-21(31)23(33)29-20-13-9-11-17-10-7-8-12-19(17)20;/h7-8,10,12,18,20-22H,9,11,13-15H2,1-6H3,(H,28,32)(H,29,33)(H,30,35);/q-1;/t18-,20?,21?,22?;/m0./s1. The first kappa shape index (κ1) is 29.1. The van der Waals surface area contributed by atoms with Gasteiger partial charge in [0.25, 0.3) is 0 Å². The van der Waals surface area contributed by atoms with Crippen LogP contribution in [0, 0.1) is 5.41 Å². The molecule has 4 amide bonds. The Labute approximate surface area is 213 Å². The SMILES string of the molecule is CC(C)(C)OC(=O)NC(C(=O)N1C[C@@H](N[C-]=O)CC1C(=O)NC1CCCc2ccccc21)C(C)(C)C.[Fm]. The Bertz CT molecular complexity index is 988. The van der Waals surface area contributed by atoms with Gasteiger partial charge in [0.1, 0.15) is 17.7 Å². The Morgan fingerprint density at radius 1 is 1.11 bits per heavy atom. The molecule has 37 heavy (non-hydrogen) atoms. The maximum atomic E-state index is 13.8. The second-order valence-electron chi connectivity index (χ2n) is 11.8. The van der Waals surface area contributed by atoms with Crippen molar-refractivity contribution in [2.45, 2.75) is 97.0 Å². The Balaban J connectivity index is 0.00000481. The fourth-order valence-electron chi connectivity index (χ4n) is 4.93. The van der Waals surface area contributed by atoms with Crippen molar-refractivity contribution in [1.82, 2.24) is 20.9 Å². The molecule has 10 heteroatoms. The monoisotopic (exact) mass is 756 g/mol. The first-order chi connectivity index (χ1) is 16.8. The molecule has 1 aliphatic carbocycles. The van der Waals surface area contributed by atoms with Crippen LogP contribution in [0.4, 0.5) is 4.79 Å². The molecule has 0 saturated carbocycles. The Kier molecular flexibility index (Phi) is 8.90. The molecule has 1 saturated heterocycles. The van der Waals surface area contributed by atoms with Gasteiger partial charge in [0.15, 0.2) is 0 Å². The van der Waals surface area contributed by atoms with Crippen LogP contribution in [-0.4, -0.2) is 59.5 Å². The summed E-state index contributed by atoms with van der Waals surface area (Å²) in [5, 5.41) is 8.44. The number of alkyl carbamates (subject to hydrolysis) is 1. The van der Waals surface area contributed by atoms with Crippen LogP contribution in [0.5, 0.6) is 0 Å². The largest absolute Gasteiger partial charge is 0.526 e. The number of aryl methyl sites for hydroxylation is 1. The molecule has 0 aromatic heterocycles. The summed E-state index contributed by atoms with van der Waals surface area (Å²) in [6, 6.07) is 5.80. The Morgan fingerprint density at radius 2 is 1.78 bits per heavy atom. The first-order valence-corrected chi connectivity index (χ1v) is 12.6. The van der Waals surface area contributed by atoms with E-state index in [1.54, 1.807) is 27.2 Å². The molecule has 0 radical (unpaired) electrons. The normalized spacial score (nSPS) is 22.1. The third-order valence-corrected chi connectivity index (χ3v) is 6.61. The van der Waals surface area contributed by atoms with Gasteiger partial charge in [0.2, 0.25) is 11.8 Å².